The fourth-order valence-corrected chi connectivity index (χ4v) is 5.20. The molecule has 2 aromatic carbocycles. The predicted molar refractivity (Wildman–Crippen MR) is 141 cm³/mol. The molecule has 0 aromatic heterocycles. The number of carbonyl (C=O) groups excluding carboxylic acids is 2. The zero-order valence-electron chi connectivity index (χ0n) is 20.3. The first kappa shape index (κ1) is 24.1. The Hall–Kier alpha value is -3.58. The average molecular weight is 505 g/mol. The molecule has 2 bridgehead atoms. The van der Waals surface area contributed by atoms with Crippen molar-refractivity contribution in [1.29, 1.82) is 0 Å². The lowest BCUT2D eigenvalue weighted by Gasteiger charge is -2.26. The highest BCUT2D eigenvalue weighted by molar-refractivity contribution is 6.30. The van der Waals surface area contributed by atoms with Crippen LogP contribution in [0.2, 0.25) is 5.02 Å². The first-order valence-corrected chi connectivity index (χ1v) is 12.5. The lowest BCUT2D eigenvalue weighted by Crippen LogP contribution is -2.49. The van der Waals surface area contributed by atoms with Gasteiger partial charge in [0.25, 0.3) is 0 Å². The standard InChI is InChI=1S/C28H29ClN4O3/c1-33(20-9-7-19(29)8-10-20)28(35)24-15-18-5-3-4-17(14-18)6-11-22-21(16-25(34)31-24)27-23(30-22)12-13-26(32-27)36-2/h3-5,7-10,12-14,23-24,27,30H,6,11,15-16H2,1-2H3,(H,31,34)/t23?,24-,27?/m0/s1. The van der Waals surface area contributed by atoms with Gasteiger partial charge >= 0.3 is 0 Å². The number of nitrogens with one attached hydrogen (secondary N) is 2. The highest BCUT2D eigenvalue weighted by atomic mass is 35.5. The van der Waals surface area contributed by atoms with E-state index in [4.69, 9.17) is 21.3 Å². The molecule has 0 radical (unpaired) electrons. The number of carbonyl (C=O) groups is 2. The van der Waals surface area contributed by atoms with Gasteiger partial charge in [-0.25, -0.2) is 4.99 Å². The minimum atomic E-state index is -0.716. The minimum Gasteiger partial charge on any atom is -0.481 e. The molecule has 186 valence electrons. The van der Waals surface area contributed by atoms with Crippen LogP contribution in [0.1, 0.15) is 24.0 Å². The van der Waals surface area contributed by atoms with Crippen LogP contribution in [0.25, 0.3) is 0 Å². The molecule has 2 amide bonds. The average Bonchev–Trinajstić information content (AvgIpc) is 3.22. The molecule has 0 spiro atoms. The number of amides is 2. The van der Waals surface area contributed by atoms with E-state index in [9.17, 15) is 9.59 Å². The number of fused-ring (bicyclic) bond motifs is 4. The maximum Gasteiger partial charge on any atom is 0.249 e. The summed E-state index contributed by atoms with van der Waals surface area (Å²) in [4.78, 5) is 33.2. The van der Waals surface area contributed by atoms with E-state index in [0.29, 0.717) is 23.0 Å². The monoisotopic (exact) mass is 504 g/mol. The molecule has 7 nitrogen and oxygen atoms in total. The first-order valence-electron chi connectivity index (χ1n) is 12.1. The molecular formula is C28H29ClN4O3. The van der Waals surface area contributed by atoms with E-state index in [0.717, 1.165) is 29.7 Å². The van der Waals surface area contributed by atoms with Crippen LogP contribution in [-0.2, 0) is 27.2 Å². The fourth-order valence-electron chi connectivity index (χ4n) is 5.07. The van der Waals surface area contributed by atoms with Crippen molar-refractivity contribution in [3.63, 3.8) is 0 Å². The number of benzene rings is 2. The van der Waals surface area contributed by atoms with Gasteiger partial charge in [-0.15, -0.1) is 0 Å². The van der Waals surface area contributed by atoms with E-state index >= 15 is 0 Å². The maximum absolute atomic E-state index is 13.6. The van der Waals surface area contributed by atoms with Crippen LogP contribution in [0, 0.1) is 0 Å². The van der Waals surface area contributed by atoms with Crippen LogP contribution < -0.4 is 15.5 Å². The number of hydrogen-bond donors (Lipinski definition) is 2. The summed E-state index contributed by atoms with van der Waals surface area (Å²) in [5, 5.41) is 7.18. The molecule has 8 heteroatoms. The van der Waals surface area contributed by atoms with Gasteiger partial charge in [0.1, 0.15) is 12.1 Å². The van der Waals surface area contributed by atoms with Crippen LogP contribution in [0.15, 0.2) is 76.9 Å². The quantitative estimate of drug-likeness (QED) is 0.655. The second-order valence-corrected chi connectivity index (χ2v) is 9.78. The Kier molecular flexibility index (Phi) is 6.83. The Balaban J connectivity index is 1.46. The van der Waals surface area contributed by atoms with Gasteiger partial charge in [0.05, 0.1) is 19.6 Å². The zero-order valence-corrected chi connectivity index (χ0v) is 21.1. The Bertz CT molecular complexity index is 1270. The molecular weight excluding hydrogens is 476 g/mol. The molecule has 0 saturated heterocycles. The number of rotatable bonds is 2. The molecule has 2 aromatic rings. The summed E-state index contributed by atoms with van der Waals surface area (Å²) in [6, 6.07) is 14.4. The number of dihydropyridines is 1. The number of aryl methyl sites for hydroxylation is 1. The Morgan fingerprint density at radius 2 is 1.89 bits per heavy atom. The highest BCUT2D eigenvalue weighted by Crippen LogP contribution is 2.31. The maximum atomic E-state index is 13.6. The summed E-state index contributed by atoms with van der Waals surface area (Å²) in [7, 11) is 3.31. The van der Waals surface area contributed by atoms with Crippen LogP contribution >= 0.6 is 11.6 Å². The van der Waals surface area contributed by atoms with Gasteiger partial charge < -0.3 is 20.3 Å². The molecule has 3 aliphatic rings. The van der Waals surface area contributed by atoms with E-state index in [1.54, 1.807) is 43.3 Å². The number of aliphatic imine (C=N–C) groups is 1. The van der Waals surface area contributed by atoms with E-state index in [-0.39, 0.29) is 30.3 Å². The molecule has 2 N–H and O–H groups in total. The molecule has 0 fully saturated rings. The summed E-state index contributed by atoms with van der Waals surface area (Å²) >= 11 is 6.02. The van der Waals surface area contributed by atoms with Crippen LogP contribution in [-0.4, -0.2) is 50.0 Å². The van der Waals surface area contributed by atoms with Gasteiger partial charge in [-0.1, -0.05) is 41.9 Å². The van der Waals surface area contributed by atoms with Crippen molar-refractivity contribution in [3.8, 4) is 0 Å². The lowest BCUT2D eigenvalue weighted by molar-refractivity contribution is -0.127. The first-order chi connectivity index (χ1) is 17.4. The summed E-state index contributed by atoms with van der Waals surface area (Å²) in [6.07, 6.45) is 6.07. The van der Waals surface area contributed by atoms with Crippen LogP contribution in [0.5, 0.6) is 0 Å². The van der Waals surface area contributed by atoms with Crippen molar-refractivity contribution in [1.82, 2.24) is 10.6 Å². The Labute approximate surface area is 215 Å². The van der Waals surface area contributed by atoms with Gasteiger partial charge in [0.2, 0.25) is 17.7 Å². The van der Waals surface area contributed by atoms with Gasteiger partial charge in [-0.2, -0.15) is 0 Å². The minimum absolute atomic E-state index is 0.00775. The van der Waals surface area contributed by atoms with Crippen LogP contribution in [0.3, 0.4) is 0 Å². The number of allylic oxidation sites excluding steroid dienone is 1. The van der Waals surface area contributed by atoms with E-state index in [1.165, 1.54) is 5.56 Å². The number of nitrogens with zero attached hydrogens (tertiary/aromatic N) is 2. The van der Waals surface area contributed by atoms with Crippen molar-refractivity contribution in [3.05, 3.63) is 88.1 Å². The van der Waals surface area contributed by atoms with Gasteiger partial charge in [-0.05, 0) is 59.9 Å². The predicted octanol–water partition coefficient (Wildman–Crippen LogP) is 3.58. The number of likely N-dealkylation sites (N-methyl/N-ethyl adjacent to an activating group) is 1. The van der Waals surface area contributed by atoms with Gasteiger partial charge in [0, 0.05) is 29.9 Å². The smallest absolute Gasteiger partial charge is 0.249 e. The van der Waals surface area contributed by atoms with E-state index < -0.39 is 6.04 Å². The highest BCUT2D eigenvalue weighted by Gasteiger charge is 2.36. The number of hydrogen-bond acceptors (Lipinski definition) is 5. The van der Waals surface area contributed by atoms with Gasteiger partial charge in [0.15, 0.2) is 0 Å². The molecule has 3 aliphatic heterocycles. The van der Waals surface area contributed by atoms with Crippen LogP contribution in [0.4, 0.5) is 5.69 Å². The van der Waals surface area contributed by atoms with Crippen molar-refractivity contribution in [2.45, 2.75) is 43.8 Å². The summed E-state index contributed by atoms with van der Waals surface area (Å²) < 4.78 is 5.35. The summed E-state index contributed by atoms with van der Waals surface area (Å²) in [5.41, 5.74) is 4.90. The second kappa shape index (κ2) is 10.2. The molecule has 3 heterocycles. The Morgan fingerprint density at radius 1 is 1.11 bits per heavy atom. The Morgan fingerprint density at radius 3 is 2.67 bits per heavy atom. The molecule has 0 aliphatic carbocycles. The topological polar surface area (TPSA) is 83.0 Å². The summed E-state index contributed by atoms with van der Waals surface area (Å²) in [6.45, 7) is 0. The van der Waals surface area contributed by atoms with Crippen molar-refractivity contribution in [2.24, 2.45) is 4.99 Å². The van der Waals surface area contributed by atoms with Crippen molar-refractivity contribution < 1.29 is 14.3 Å². The number of anilines is 1. The normalized spacial score (nSPS) is 23.2. The fraction of sp³-hybridized carbons (Fsp3) is 0.321. The van der Waals surface area contributed by atoms with Crippen molar-refractivity contribution >= 4 is 35.0 Å². The molecule has 3 atom stereocenters. The molecule has 5 rings (SSSR count). The van der Waals surface area contributed by atoms with E-state index in [2.05, 4.69) is 22.8 Å². The third-order valence-electron chi connectivity index (χ3n) is 6.97. The number of methoxy groups -OCH3 is 1. The molecule has 2 unspecified atom stereocenters. The molecule has 36 heavy (non-hydrogen) atoms. The molecule has 0 saturated carbocycles. The lowest BCUT2D eigenvalue weighted by atomic mass is 9.94. The third kappa shape index (κ3) is 5.02. The SMILES string of the molecule is COC1=NC2C3=C(CCc4cccc(c4)C[C@@H](C(=O)N(C)c4ccc(Cl)cc4)NC(=O)C3)NC2C=C1. The summed E-state index contributed by atoms with van der Waals surface area (Å²) in [5.74, 6) is 0.155. The number of ether oxygens (including phenoxy) is 1. The van der Waals surface area contributed by atoms with Gasteiger partial charge in [-0.3, -0.25) is 9.59 Å². The largest absolute Gasteiger partial charge is 0.481 e. The van der Waals surface area contributed by atoms with Crippen molar-refractivity contribution in [2.75, 3.05) is 19.1 Å². The second-order valence-electron chi connectivity index (χ2n) is 9.34. The third-order valence-corrected chi connectivity index (χ3v) is 7.22. The van der Waals surface area contributed by atoms with E-state index in [1.807, 2.05) is 24.3 Å². The number of halogens is 1. The zero-order chi connectivity index (χ0) is 25.2.